The third-order valence-electron chi connectivity index (χ3n) is 2.77. The van der Waals surface area contributed by atoms with E-state index in [2.05, 4.69) is 12.0 Å². The Morgan fingerprint density at radius 3 is 3.29 bits per heavy atom. The average molecular weight is 195 g/mol. The SMILES string of the molecule is CCC(N)c1cnn(C2CCOC2)c1. The summed E-state index contributed by atoms with van der Waals surface area (Å²) in [6.07, 6.45) is 5.93. The number of nitrogens with two attached hydrogens (primary N) is 1. The Labute approximate surface area is 84.0 Å². The second-order valence-electron chi connectivity index (χ2n) is 3.79. The van der Waals surface area contributed by atoms with Gasteiger partial charge in [0.15, 0.2) is 0 Å². The van der Waals surface area contributed by atoms with Crippen molar-refractivity contribution in [2.45, 2.75) is 31.8 Å². The van der Waals surface area contributed by atoms with Gasteiger partial charge in [0.25, 0.3) is 0 Å². The van der Waals surface area contributed by atoms with Crippen LogP contribution < -0.4 is 5.73 Å². The van der Waals surface area contributed by atoms with Crippen LogP contribution in [-0.4, -0.2) is 23.0 Å². The zero-order valence-corrected chi connectivity index (χ0v) is 8.52. The van der Waals surface area contributed by atoms with E-state index in [0.717, 1.165) is 31.6 Å². The predicted octanol–water partition coefficient (Wildman–Crippen LogP) is 1.25. The van der Waals surface area contributed by atoms with Gasteiger partial charge in [-0.2, -0.15) is 5.10 Å². The number of nitrogens with zero attached hydrogens (tertiary/aromatic N) is 2. The minimum Gasteiger partial charge on any atom is -0.379 e. The molecule has 0 amide bonds. The third kappa shape index (κ3) is 1.81. The number of rotatable bonds is 3. The maximum Gasteiger partial charge on any atom is 0.0774 e. The van der Waals surface area contributed by atoms with E-state index >= 15 is 0 Å². The summed E-state index contributed by atoms with van der Waals surface area (Å²) in [5.41, 5.74) is 7.05. The molecule has 2 atom stereocenters. The van der Waals surface area contributed by atoms with E-state index in [4.69, 9.17) is 10.5 Å². The molecular formula is C10H17N3O. The van der Waals surface area contributed by atoms with Crippen molar-refractivity contribution >= 4 is 0 Å². The van der Waals surface area contributed by atoms with E-state index in [9.17, 15) is 0 Å². The largest absolute Gasteiger partial charge is 0.379 e. The Bertz CT molecular complexity index is 291. The molecule has 2 rings (SSSR count). The van der Waals surface area contributed by atoms with Gasteiger partial charge >= 0.3 is 0 Å². The predicted molar refractivity (Wildman–Crippen MR) is 53.9 cm³/mol. The molecule has 1 aromatic rings. The maximum atomic E-state index is 5.92. The molecule has 0 aliphatic carbocycles. The first kappa shape index (κ1) is 9.68. The molecule has 78 valence electrons. The molecule has 2 heterocycles. The molecule has 4 nitrogen and oxygen atoms in total. The summed E-state index contributed by atoms with van der Waals surface area (Å²) in [5, 5.41) is 4.32. The summed E-state index contributed by atoms with van der Waals surface area (Å²) >= 11 is 0. The first-order valence-corrected chi connectivity index (χ1v) is 5.18. The van der Waals surface area contributed by atoms with Crippen LogP contribution in [0.3, 0.4) is 0 Å². The van der Waals surface area contributed by atoms with Gasteiger partial charge in [0.05, 0.1) is 18.8 Å². The Hall–Kier alpha value is -0.870. The highest BCUT2D eigenvalue weighted by molar-refractivity contribution is 5.09. The summed E-state index contributed by atoms with van der Waals surface area (Å²) < 4.78 is 7.30. The van der Waals surface area contributed by atoms with Crippen molar-refractivity contribution in [2.24, 2.45) is 5.73 Å². The fraction of sp³-hybridized carbons (Fsp3) is 0.700. The van der Waals surface area contributed by atoms with E-state index in [-0.39, 0.29) is 6.04 Å². The van der Waals surface area contributed by atoms with Crippen LogP contribution in [0.1, 0.15) is 37.4 Å². The smallest absolute Gasteiger partial charge is 0.0774 e. The molecule has 1 aliphatic rings. The van der Waals surface area contributed by atoms with Gasteiger partial charge in [-0.15, -0.1) is 0 Å². The van der Waals surface area contributed by atoms with E-state index in [1.807, 2.05) is 17.1 Å². The summed E-state index contributed by atoms with van der Waals surface area (Å²) in [7, 11) is 0. The second kappa shape index (κ2) is 4.11. The molecule has 0 spiro atoms. The van der Waals surface area contributed by atoms with E-state index in [0.29, 0.717) is 6.04 Å². The quantitative estimate of drug-likeness (QED) is 0.789. The molecule has 0 bridgehead atoms. The Balaban J connectivity index is 2.08. The third-order valence-corrected chi connectivity index (χ3v) is 2.77. The monoisotopic (exact) mass is 195 g/mol. The lowest BCUT2D eigenvalue weighted by Crippen LogP contribution is -2.10. The van der Waals surface area contributed by atoms with Crippen LogP contribution >= 0.6 is 0 Å². The zero-order chi connectivity index (χ0) is 9.97. The van der Waals surface area contributed by atoms with E-state index in [1.54, 1.807) is 0 Å². The maximum absolute atomic E-state index is 5.92. The van der Waals surface area contributed by atoms with Crippen LogP contribution in [0, 0.1) is 0 Å². The van der Waals surface area contributed by atoms with Crippen molar-refractivity contribution < 1.29 is 4.74 Å². The van der Waals surface area contributed by atoms with Gasteiger partial charge in [0.2, 0.25) is 0 Å². The molecular weight excluding hydrogens is 178 g/mol. The fourth-order valence-electron chi connectivity index (χ4n) is 1.71. The zero-order valence-electron chi connectivity index (χ0n) is 8.52. The van der Waals surface area contributed by atoms with Crippen molar-refractivity contribution in [1.82, 2.24) is 9.78 Å². The number of ether oxygens (including phenoxy) is 1. The number of aromatic nitrogens is 2. The lowest BCUT2D eigenvalue weighted by Gasteiger charge is -2.08. The van der Waals surface area contributed by atoms with Crippen LogP contribution in [0.25, 0.3) is 0 Å². The van der Waals surface area contributed by atoms with Crippen LogP contribution in [0.15, 0.2) is 12.4 Å². The minimum atomic E-state index is 0.117. The number of hydrogen-bond donors (Lipinski definition) is 1. The molecule has 0 aromatic carbocycles. The van der Waals surface area contributed by atoms with Gasteiger partial charge in [-0.1, -0.05) is 6.92 Å². The van der Waals surface area contributed by atoms with Crippen molar-refractivity contribution in [3.8, 4) is 0 Å². The highest BCUT2D eigenvalue weighted by atomic mass is 16.5. The molecule has 1 saturated heterocycles. The number of hydrogen-bond acceptors (Lipinski definition) is 3. The van der Waals surface area contributed by atoms with Gasteiger partial charge in [0.1, 0.15) is 0 Å². The summed E-state index contributed by atoms with van der Waals surface area (Å²) in [6.45, 7) is 3.71. The van der Waals surface area contributed by atoms with Crippen molar-refractivity contribution in [3.63, 3.8) is 0 Å². The second-order valence-corrected chi connectivity index (χ2v) is 3.79. The van der Waals surface area contributed by atoms with Crippen molar-refractivity contribution in [1.29, 1.82) is 0 Å². The first-order valence-electron chi connectivity index (χ1n) is 5.18. The van der Waals surface area contributed by atoms with Crippen LogP contribution in [0.2, 0.25) is 0 Å². The average Bonchev–Trinajstić information content (AvgIpc) is 2.86. The van der Waals surface area contributed by atoms with Crippen molar-refractivity contribution in [2.75, 3.05) is 13.2 Å². The standard InChI is InChI=1S/C10H17N3O/c1-2-10(11)8-5-12-13(6-8)9-3-4-14-7-9/h5-6,9-10H,2-4,7,11H2,1H3. The molecule has 1 aliphatic heterocycles. The summed E-state index contributed by atoms with van der Waals surface area (Å²) in [6, 6.07) is 0.527. The van der Waals surface area contributed by atoms with Crippen LogP contribution in [0.4, 0.5) is 0 Å². The van der Waals surface area contributed by atoms with E-state index in [1.165, 1.54) is 0 Å². The van der Waals surface area contributed by atoms with Gasteiger partial charge in [-0.3, -0.25) is 4.68 Å². The molecule has 0 saturated carbocycles. The molecule has 14 heavy (non-hydrogen) atoms. The highest BCUT2D eigenvalue weighted by Gasteiger charge is 2.18. The van der Waals surface area contributed by atoms with Gasteiger partial charge in [-0.05, 0) is 12.8 Å². The molecule has 2 unspecified atom stereocenters. The normalized spacial score (nSPS) is 24.0. The fourth-order valence-corrected chi connectivity index (χ4v) is 1.71. The van der Waals surface area contributed by atoms with Gasteiger partial charge < -0.3 is 10.5 Å². The Morgan fingerprint density at radius 1 is 1.79 bits per heavy atom. The summed E-state index contributed by atoms with van der Waals surface area (Å²) in [4.78, 5) is 0. The Morgan fingerprint density at radius 2 is 2.64 bits per heavy atom. The molecule has 1 fully saturated rings. The van der Waals surface area contributed by atoms with E-state index < -0.39 is 0 Å². The molecule has 0 radical (unpaired) electrons. The molecule has 1 aromatic heterocycles. The first-order chi connectivity index (χ1) is 6.81. The van der Waals surface area contributed by atoms with Gasteiger partial charge in [0, 0.05) is 24.4 Å². The topological polar surface area (TPSA) is 53.1 Å². The van der Waals surface area contributed by atoms with Crippen LogP contribution in [-0.2, 0) is 4.74 Å². The minimum absolute atomic E-state index is 0.117. The molecule has 4 heteroatoms. The Kier molecular flexibility index (Phi) is 2.84. The lowest BCUT2D eigenvalue weighted by molar-refractivity contribution is 0.184. The van der Waals surface area contributed by atoms with Crippen LogP contribution in [0.5, 0.6) is 0 Å². The molecule has 2 N–H and O–H groups in total. The summed E-state index contributed by atoms with van der Waals surface area (Å²) in [5.74, 6) is 0. The van der Waals surface area contributed by atoms with Gasteiger partial charge in [-0.25, -0.2) is 0 Å². The lowest BCUT2D eigenvalue weighted by atomic mass is 10.1. The highest BCUT2D eigenvalue weighted by Crippen LogP contribution is 2.20. The van der Waals surface area contributed by atoms with Crippen molar-refractivity contribution in [3.05, 3.63) is 18.0 Å².